The van der Waals surface area contributed by atoms with Crippen molar-refractivity contribution in [2.75, 3.05) is 6.61 Å². The molecule has 0 bridgehead atoms. The number of benzene rings is 1. The van der Waals surface area contributed by atoms with Gasteiger partial charge in [0, 0.05) is 12.1 Å². The van der Waals surface area contributed by atoms with E-state index in [1.54, 1.807) is 19.9 Å². The summed E-state index contributed by atoms with van der Waals surface area (Å²) in [5.74, 6) is -1.89. The molecule has 4 rings (SSSR count). The highest BCUT2D eigenvalue weighted by Crippen LogP contribution is 2.31. The van der Waals surface area contributed by atoms with Crippen LogP contribution in [0.4, 0.5) is 4.39 Å². The van der Waals surface area contributed by atoms with E-state index in [9.17, 15) is 23.9 Å². The number of nitriles is 1. The Kier molecular flexibility index (Phi) is 9.39. The average Bonchev–Trinajstić information content (AvgIpc) is 3.56. The second-order valence-corrected chi connectivity index (χ2v) is 10.7. The molecule has 0 saturated carbocycles. The van der Waals surface area contributed by atoms with Gasteiger partial charge in [0.15, 0.2) is 0 Å². The number of hydrogen-bond acceptors (Lipinski definition) is 8. The minimum Gasteiger partial charge on any atom is -0.480 e. The number of fused-ring (bicyclic) bond motifs is 1. The number of aliphatic hydroxyl groups is 1. The fraction of sp³-hybridized carbons (Fsp3) is 0.407. The zero-order valence-electron chi connectivity index (χ0n) is 22.9. The number of aliphatic hydroxyl groups excluding tert-OH is 1. The van der Waals surface area contributed by atoms with Crippen molar-refractivity contribution < 1.29 is 19.4 Å². The maximum atomic E-state index is 13.9. The molecule has 0 aliphatic rings. The van der Waals surface area contributed by atoms with Crippen molar-refractivity contribution in [1.29, 1.82) is 5.26 Å². The van der Waals surface area contributed by atoms with E-state index in [4.69, 9.17) is 10.4 Å². The van der Waals surface area contributed by atoms with Crippen LogP contribution in [0.25, 0.3) is 15.2 Å². The molecule has 0 fully saturated rings. The maximum Gasteiger partial charge on any atom is 0.333 e. The molecule has 0 aliphatic heterocycles. The summed E-state index contributed by atoms with van der Waals surface area (Å²) in [6, 6.07) is 6.42. The molecule has 40 heavy (non-hydrogen) atoms. The number of carboxylic acid groups (broad SMARTS) is 1. The van der Waals surface area contributed by atoms with Crippen LogP contribution in [0.3, 0.4) is 0 Å². The summed E-state index contributed by atoms with van der Waals surface area (Å²) in [7, 11) is 0. The van der Waals surface area contributed by atoms with Gasteiger partial charge < -0.3 is 10.2 Å². The number of carboxylic acids is 1. The van der Waals surface area contributed by atoms with Crippen molar-refractivity contribution in [1.82, 2.24) is 24.1 Å². The number of nitrogens with zero attached hydrogens (tertiary/aromatic N) is 6. The number of aryl methyl sites for hydroxylation is 4. The average molecular weight is 571 g/mol. The Morgan fingerprint density at radius 2 is 1.88 bits per heavy atom. The largest absolute Gasteiger partial charge is 0.480 e. The van der Waals surface area contributed by atoms with Crippen molar-refractivity contribution in [3.8, 4) is 11.1 Å². The third-order valence-electron chi connectivity index (χ3n) is 6.52. The molecule has 4 aromatic rings. The number of thiophene rings is 1. The first-order valence-electron chi connectivity index (χ1n) is 12.6. The van der Waals surface area contributed by atoms with Crippen LogP contribution in [-0.4, -0.2) is 46.9 Å². The number of halogens is 1. The van der Waals surface area contributed by atoms with E-state index >= 15 is 0 Å². The van der Waals surface area contributed by atoms with E-state index in [0.29, 0.717) is 28.2 Å². The van der Waals surface area contributed by atoms with Crippen molar-refractivity contribution in [2.24, 2.45) is 5.92 Å². The van der Waals surface area contributed by atoms with Gasteiger partial charge in [-0.15, -0.1) is 4.80 Å². The lowest BCUT2D eigenvalue weighted by atomic mass is 10.0. The Morgan fingerprint density at radius 1 is 1.23 bits per heavy atom. The molecule has 212 valence electrons. The van der Waals surface area contributed by atoms with Crippen LogP contribution in [-0.2, 0) is 29.7 Å². The molecule has 0 radical (unpaired) electrons. The third kappa shape index (κ3) is 5.88. The number of carbonyl (C=O) groups is 1. The lowest BCUT2D eigenvalue weighted by Crippen LogP contribution is -2.52. The molecule has 1 atom stereocenters. The van der Waals surface area contributed by atoms with Gasteiger partial charge in [0.05, 0.1) is 36.4 Å². The molecule has 3 aromatic heterocycles. The first-order valence-corrected chi connectivity index (χ1v) is 13.4. The van der Waals surface area contributed by atoms with Gasteiger partial charge in [0.2, 0.25) is 0 Å². The van der Waals surface area contributed by atoms with Crippen molar-refractivity contribution in [3.05, 3.63) is 73.9 Å². The highest BCUT2D eigenvalue weighted by atomic mass is 32.1. The summed E-state index contributed by atoms with van der Waals surface area (Å²) in [5, 5.41) is 34.9. The molecule has 0 amide bonds. The zero-order chi connectivity index (χ0) is 29.8. The first-order chi connectivity index (χ1) is 18.9. The maximum absolute atomic E-state index is 13.9. The monoisotopic (exact) mass is 570 g/mol. The van der Waals surface area contributed by atoms with Gasteiger partial charge in [0.25, 0.3) is 5.56 Å². The van der Waals surface area contributed by atoms with E-state index < -0.39 is 22.8 Å². The highest BCUT2D eigenvalue weighted by Gasteiger charge is 2.35. The Bertz CT molecular complexity index is 1680. The zero-order valence-corrected chi connectivity index (χ0v) is 23.7. The Balaban J connectivity index is 0.000000663. The predicted octanol–water partition coefficient (Wildman–Crippen LogP) is 3.02. The fourth-order valence-electron chi connectivity index (χ4n) is 4.08. The molecular weight excluding hydrogens is 539 g/mol. The van der Waals surface area contributed by atoms with Crippen molar-refractivity contribution in [2.45, 2.75) is 59.5 Å². The van der Waals surface area contributed by atoms with Crippen LogP contribution in [0.1, 0.15) is 44.4 Å². The lowest BCUT2D eigenvalue weighted by molar-refractivity contribution is -0.146. The Morgan fingerprint density at radius 3 is 2.40 bits per heavy atom. The second kappa shape index (κ2) is 12.4. The molecule has 3 heterocycles. The van der Waals surface area contributed by atoms with Crippen LogP contribution >= 0.6 is 11.3 Å². The fourth-order valence-corrected chi connectivity index (χ4v) is 5.31. The molecular formula is C27H31FN6O5S. The SMILES string of the molecule is CC(C#N)CO.CCc1ccc(F)cc1CCn1c(=O)n(C(C)(C)C(=O)O)c(=O)c2c(C)c(-n3nccn3)sc21. The van der Waals surface area contributed by atoms with Crippen LogP contribution in [0, 0.1) is 30.0 Å². The van der Waals surface area contributed by atoms with Gasteiger partial charge in [-0.25, -0.2) is 18.5 Å². The van der Waals surface area contributed by atoms with Gasteiger partial charge in [-0.3, -0.25) is 9.36 Å². The summed E-state index contributed by atoms with van der Waals surface area (Å²) >= 11 is 1.18. The van der Waals surface area contributed by atoms with Crippen LogP contribution < -0.4 is 11.2 Å². The van der Waals surface area contributed by atoms with E-state index in [1.165, 1.54) is 59.1 Å². The summed E-state index contributed by atoms with van der Waals surface area (Å²) in [4.78, 5) is 40.8. The molecule has 1 aromatic carbocycles. The quantitative estimate of drug-likeness (QED) is 0.327. The van der Waals surface area contributed by atoms with E-state index in [1.807, 2.05) is 13.0 Å². The standard InChI is InChI=1S/C23H24FN5O4S.C4H7NO/c1-5-14-6-7-16(24)12-15(14)8-11-27-20-17(13(2)19(34-20)29-25-9-10-26-29)18(30)28(22(27)33)23(3,4)21(31)32;1-4(2-5)3-6/h6-7,9-10,12H,5,8,11H2,1-4H3,(H,31,32);4,6H,3H2,1H3. The molecule has 13 heteroatoms. The number of hydrogen-bond donors (Lipinski definition) is 2. The minimum atomic E-state index is -1.78. The van der Waals surface area contributed by atoms with Crippen molar-refractivity contribution in [3.63, 3.8) is 0 Å². The summed E-state index contributed by atoms with van der Waals surface area (Å²) in [6.45, 7) is 8.07. The van der Waals surface area contributed by atoms with Crippen LogP contribution in [0.15, 0.2) is 40.2 Å². The van der Waals surface area contributed by atoms with E-state index in [2.05, 4.69) is 10.2 Å². The topological polar surface area (TPSA) is 156 Å². The molecule has 2 N–H and O–H groups in total. The number of aliphatic carboxylic acids is 1. The molecule has 0 aliphatic carbocycles. The lowest BCUT2D eigenvalue weighted by Gasteiger charge is -2.23. The van der Waals surface area contributed by atoms with Gasteiger partial charge in [0.1, 0.15) is 21.2 Å². The molecule has 0 spiro atoms. The summed E-state index contributed by atoms with van der Waals surface area (Å²) in [5.41, 5.74) is -0.953. The Labute approximate surface area is 233 Å². The summed E-state index contributed by atoms with van der Waals surface area (Å²) in [6.07, 6.45) is 4.02. The van der Waals surface area contributed by atoms with Crippen molar-refractivity contribution >= 4 is 27.5 Å². The summed E-state index contributed by atoms with van der Waals surface area (Å²) < 4.78 is 16.1. The van der Waals surface area contributed by atoms with Gasteiger partial charge in [-0.1, -0.05) is 24.3 Å². The highest BCUT2D eigenvalue weighted by molar-refractivity contribution is 7.21. The molecule has 11 nitrogen and oxygen atoms in total. The smallest absolute Gasteiger partial charge is 0.333 e. The van der Waals surface area contributed by atoms with Gasteiger partial charge in [-0.05, 0) is 63.8 Å². The number of aromatic nitrogens is 5. The van der Waals surface area contributed by atoms with E-state index in [0.717, 1.165) is 15.7 Å². The predicted molar refractivity (Wildman–Crippen MR) is 148 cm³/mol. The van der Waals surface area contributed by atoms with Gasteiger partial charge in [-0.2, -0.15) is 15.5 Å². The third-order valence-corrected chi connectivity index (χ3v) is 7.80. The number of rotatable bonds is 8. The first kappa shape index (κ1) is 30.4. The van der Waals surface area contributed by atoms with E-state index in [-0.39, 0.29) is 30.3 Å². The Hall–Kier alpha value is -4.15. The molecule has 0 saturated heterocycles. The minimum absolute atomic E-state index is 0.0312. The van der Waals surface area contributed by atoms with Crippen LogP contribution in [0.5, 0.6) is 0 Å². The van der Waals surface area contributed by atoms with Gasteiger partial charge >= 0.3 is 11.7 Å². The van der Waals surface area contributed by atoms with Crippen LogP contribution in [0.2, 0.25) is 0 Å². The molecule has 1 unspecified atom stereocenters. The normalized spacial score (nSPS) is 12.1. The second-order valence-electron chi connectivity index (χ2n) is 9.70.